The first kappa shape index (κ1) is 20.6. The summed E-state index contributed by atoms with van der Waals surface area (Å²) in [6.45, 7) is 2.94. The lowest BCUT2D eigenvalue weighted by Crippen LogP contribution is -2.47. The highest BCUT2D eigenvalue weighted by molar-refractivity contribution is 5.94. The minimum Gasteiger partial charge on any atom is -0.508 e. The summed E-state index contributed by atoms with van der Waals surface area (Å²) in [5, 5.41) is 29.9. The Hall–Kier alpha value is -4.25. The third kappa shape index (κ3) is 4.26. The summed E-state index contributed by atoms with van der Waals surface area (Å²) in [7, 11) is 0. The van der Waals surface area contributed by atoms with Crippen molar-refractivity contribution in [2.75, 3.05) is 36.0 Å². The van der Waals surface area contributed by atoms with Gasteiger partial charge in [0, 0.05) is 49.6 Å². The first-order chi connectivity index (χ1) is 16.1. The molecule has 0 aliphatic carbocycles. The van der Waals surface area contributed by atoms with Gasteiger partial charge in [-0.25, -0.2) is 9.37 Å². The molecule has 4 aromatic rings. The average Bonchev–Trinajstić information content (AvgIpc) is 2.85. The molecule has 0 atom stereocenters. The fourth-order valence-electron chi connectivity index (χ4n) is 4.13. The van der Waals surface area contributed by atoms with Crippen LogP contribution in [0.25, 0.3) is 10.8 Å². The fraction of sp³-hybridized carbons (Fsp3) is 0.200. The zero-order chi connectivity index (χ0) is 22.8. The number of nitriles is 1. The van der Waals surface area contributed by atoms with Gasteiger partial charge in [0.1, 0.15) is 23.5 Å². The summed E-state index contributed by atoms with van der Waals surface area (Å²) in [6, 6.07) is 17.3. The van der Waals surface area contributed by atoms with Crippen molar-refractivity contribution >= 4 is 22.4 Å². The van der Waals surface area contributed by atoms with E-state index < -0.39 is 0 Å². The smallest absolute Gasteiger partial charge is 0.159 e. The molecule has 0 radical (unpaired) electrons. The van der Waals surface area contributed by atoms with Crippen molar-refractivity contribution in [2.24, 2.45) is 0 Å². The molecule has 0 spiro atoms. The average molecular weight is 440 g/mol. The predicted molar refractivity (Wildman–Crippen MR) is 124 cm³/mol. The Bertz CT molecular complexity index is 1330. The van der Waals surface area contributed by atoms with Gasteiger partial charge in [-0.1, -0.05) is 12.1 Å². The van der Waals surface area contributed by atoms with Crippen LogP contribution in [0.3, 0.4) is 0 Å². The summed E-state index contributed by atoms with van der Waals surface area (Å²) in [6.07, 6.45) is 2.11. The highest BCUT2D eigenvalue weighted by Gasteiger charge is 2.22. The van der Waals surface area contributed by atoms with Crippen molar-refractivity contribution in [1.82, 2.24) is 15.2 Å². The fourth-order valence-corrected chi connectivity index (χ4v) is 4.13. The summed E-state index contributed by atoms with van der Waals surface area (Å²) in [4.78, 5) is 8.73. The number of nitrogens with zero attached hydrogens (tertiary/aromatic N) is 6. The Labute approximate surface area is 190 Å². The number of aromatic hydroxyl groups is 1. The van der Waals surface area contributed by atoms with Crippen molar-refractivity contribution in [3.8, 4) is 11.8 Å². The van der Waals surface area contributed by atoms with Crippen LogP contribution in [0.15, 0.2) is 60.8 Å². The van der Waals surface area contributed by atoms with Gasteiger partial charge in [0.05, 0.1) is 11.3 Å². The Morgan fingerprint density at radius 3 is 2.36 bits per heavy atom. The van der Waals surface area contributed by atoms with E-state index in [1.54, 1.807) is 36.5 Å². The van der Waals surface area contributed by atoms with Gasteiger partial charge in [-0.3, -0.25) is 0 Å². The molecule has 1 fully saturated rings. The van der Waals surface area contributed by atoms with Crippen LogP contribution in [-0.2, 0) is 6.42 Å². The molecule has 0 unspecified atom stereocenters. The lowest BCUT2D eigenvalue weighted by molar-refractivity contribution is 0.476. The SMILES string of the molecule is N#Cc1ccc(N2CCN(c3nnc(Cc4ccc(F)cc4)c4ccc(O)cc34)CC2)nc1. The quantitative estimate of drug-likeness (QED) is 0.518. The molecule has 7 nitrogen and oxygen atoms in total. The van der Waals surface area contributed by atoms with Gasteiger partial charge in [-0.15, -0.1) is 5.10 Å². The number of phenols is 1. The highest BCUT2D eigenvalue weighted by atomic mass is 19.1. The first-order valence-corrected chi connectivity index (χ1v) is 10.7. The molecule has 1 aliphatic rings. The van der Waals surface area contributed by atoms with Crippen LogP contribution in [0.2, 0.25) is 0 Å². The first-order valence-electron chi connectivity index (χ1n) is 10.7. The van der Waals surface area contributed by atoms with Crippen LogP contribution >= 0.6 is 0 Å². The van der Waals surface area contributed by atoms with Gasteiger partial charge < -0.3 is 14.9 Å². The number of piperazine rings is 1. The number of hydrogen-bond acceptors (Lipinski definition) is 7. The molecule has 1 N–H and O–H groups in total. The Balaban J connectivity index is 1.40. The van der Waals surface area contributed by atoms with Crippen molar-refractivity contribution in [1.29, 1.82) is 5.26 Å². The van der Waals surface area contributed by atoms with E-state index in [9.17, 15) is 9.50 Å². The van der Waals surface area contributed by atoms with Gasteiger partial charge >= 0.3 is 0 Å². The van der Waals surface area contributed by atoms with Crippen molar-refractivity contribution in [2.45, 2.75) is 6.42 Å². The monoisotopic (exact) mass is 440 g/mol. The molecule has 0 saturated carbocycles. The number of rotatable bonds is 4. The second-order valence-electron chi connectivity index (χ2n) is 7.99. The summed E-state index contributed by atoms with van der Waals surface area (Å²) < 4.78 is 13.3. The zero-order valence-corrected chi connectivity index (χ0v) is 17.8. The maximum Gasteiger partial charge on any atom is 0.159 e. The van der Waals surface area contributed by atoms with Gasteiger partial charge in [0.2, 0.25) is 0 Å². The molecule has 0 bridgehead atoms. The summed E-state index contributed by atoms with van der Waals surface area (Å²) in [5.74, 6) is 1.48. The topological polar surface area (TPSA) is 89.2 Å². The van der Waals surface area contributed by atoms with Crippen LogP contribution in [0, 0.1) is 17.1 Å². The minimum atomic E-state index is -0.273. The van der Waals surface area contributed by atoms with E-state index >= 15 is 0 Å². The summed E-state index contributed by atoms with van der Waals surface area (Å²) in [5.41, 5.74) is 2.26. The molecule has 8 heteroatoms. The highest BCUT2D eigenvalue weighted by Crippen LogP contribution is 2.31. The molecule has 5 rings (SSSR count). The molecule has 0 amide bonds. The number of anilines is 2. The lowest BCUT2D eigenvalue weighted by Gasteiger charge is -2.36. The number of benzene rings is 2. The second kappa shape index (κ2) is 8.71. The lowest BCUT2D eigenvalue weighted by atomic mass is 10.0. The Kier molecular flexibility index (Phi) is 5.45. The molecule has 2 aromatic heterocycles. The molecule has 1 saturated heterocycles. The van der Waals surface area contributed by atoms with Crippen molar-refractivity contribution < 1.29 is 9.50 Å². The molecule has 164 valence electrons. The van der Waals surface area contributed by atoms with Crippen molar-refractivity contribution in [3.05, 3.63) is 83.4 Å². The number of fused-ring (bicyclic) bond motifs is 1. The van der Waals surface area contributed by atoms with E-state index in [1.807, 2.05) is 12.1 Å². The molecule has 1 aliphatic heterocycles. The van der Waals surface area contributed by atoms with E-state index in [0.29, 0.717) is 12.0 Å². The second-order valence-corrected chi connectivity index (χ2v) is 7.99. The number of hydrogen-bond donors (Lipinski definition) is 1. The normalized spacial score (nSPS) is 13.8. The zero-order valence-electron chi connectivity index (χ0n) is 17.8. The predicted octanol–water partition coefficient (Wildman–Crippen LogP) is 3.66. The molecule has 33 heavy (non-hydrogen) atoms. The van der Waals surface area contributed by atoms with Crippen LogP contribution in [0.5, 0.6) is 5.75 Å². The molecular weight excluding hydrogens is 419 g/mol. The third-order valence-electron chi connectivity index (χ3n) is 5.89. The van der Waals surface area contributed by atoms with Crippen LogP contribution in [0.4, 0.5) is 16.0 Å². The Morgan fingerprint density at radius 1 is 0.909 bits per heavy atom. The van der Waals surface area contributed by atoms with E-state index in [-0.39, 0.29) is 11.6 Å². The number of phenolic OH excluding ortho intramolecular Hbond substituents is 1. The van der Waals surface area contributed by atoms with Crippen molar-refractivity contribution in [3.63, 3.8) is 0 Å². The van der Waals surface area contributed by atoms with Crippen LogP contribution < -0.4 is 9.80 Å². The van der Waals surface area contributed by atoms with E-state index in [2.05, 4.69) is 31.1 Å². The Morgan fingerprint density at radius 2 is 1.67 bits per heavy atom. The van der Waals surface area contributed by atoms with Crippen LogP contribution in [-0.4, -0.2) is 46.5 Å². The number of pyridine rings is 1. The summed E-state index contributed by atoms with van der Waals surface area (Å²) >= 11 is 0. The molecular formula is C25H21FN6O. The van der Waals surface area contributed by atoms with E-state index in [4.69, 9.17) is 5.26 Å². The van der Waals surface area contributed by atoms with Gasteiger partial charge in [0.15, 0.2) is 5.82 Å². The standard InChI is InChI=1S/C25H21FN6O/c26-19-4-1-17(2-5-19)13-23-21-7-6-20(33)14-22(21)25(30-29-23)32-11-9-31(10-12-32)24-8-3-18(15-27)16-28-24/h1-8,14,16,33H,9-13H2. The molecule has 2 aromatic carbocycles. The molecule has 3 heterocycles. The number of aromatic nitrogens is 3. The van der Waals surface area contributed by atoms with E-state index in [1.165, 1.54) is 12.1 Å². The maximum atomic E-state index is 13.3. The van der Waals surface area contributed by atoms with Gasteiger partial charge in [-0.2, -0.15) is 10.4 Å². The van der Waals surface area contributed by atoms with Crippen LogP contribution in [0.1, 0.15) is 16.8 Å². The largest absolute Gasteiger partial charge is 0.508 e. The van der Waals surface area contributed by atoms with Gasteiger partial charge in [-0.05, 0) is 48.0 Å². The van der Waals surface area contributed by atoms with Gasteiger partial charge in [0.25, 0.3) is 0 Å². The number of halogens is 1. The van der Waals surface area contributed by atoms with E-state index in [0.717, 1.165) is 59.8 Å². The third-order valence-corrected chi connectivity index (χ3v) is 5.89. The minimum absolute atomic E-state index is 0.171. The maximum absolute atomic E-state index is 13.3.